The van der Waals surface area contributed by atoms with Crippen LogP contribution in [0.1, 0.15) is 22.1 Å². The highest BCUT2D eigenvalue weighted by Gasteiger charge is 2.35. The topological polar surface area (TPSA) is 39.8 Å². The first kappa shape index (κ1) is 17.7. The van der Waals surface area contributed by atoms with Gasteiger partial charge < -0.3 is 0 Å². The molecule has 1 atom stereocenters. The average molecular weight is 459 g/mol. The van der Waals surface area contributed by atoms with Gasteiger partial charge in [0.1, 0.15) is 5.69 Å². The Kier molecular flexibility index (Phi) is 4.72. The molecule has 0 radical (unpaired) electrons. The fourth-order valence-corrected chi connectivity index (χ4v) is 2.82. The third-order valence-electron chi connectivity index (χ3n) is 3.71. The molecule has 0 saturated heterocycles. The van der Waals surface area contributed by atoms with Gasteiger partial charge in [-0.25, -0.2) is 4.68 Å². The van der Waals surface area contributed by atoms with E-state index in [1.54, 1.807) is 24.4 Å². The second-order valence-electron chi connectivity index (χ2n) is 5.43. The van der Waals surface area contributed by atoms with Gasteiger partial charge in [-0.1, -0.05) is 22.6 Å². The largest absolute Gasteiger partial charge is 0.433 e. The lowest BCUT2D eigenvalue weighted by Crippen LogP contribution is -2.17. The first-order valence-electron chi connectivity index (χ1n) is 7.36. The molecule has 2 heterocycles. The van der Waals surface area contributed by atoms with Crippen LogP contribution in [0.2, 0.25) is 0 Å². The molecule has 1 unspecified atom stereocenters. The van der Waals surface area contributed by atoms with Crippen molar-refractivity contribution in [3.63, 3.8) is 0 Å². The molecule has 0 aliphatic rings. The summed E-state index contributed by atoms with van der Waals surface area (Å²) in [6, 6.07) is 10.5. The second-order valence-corrected chi connectivity index (χ2v) is 7.30. The Morgan fingerprint density at radius 2 is 1.72 bits per heavy atom. The van der Waals surface area contributed by atoms with Crippen LogP contribution in [0, 0.1) is 0 Å². The third kappa shape index (κ3) is 3.63. The zero-order valence-corrected chi connectivity index (χ0v) is 15.2. The van der Waals surface area contributed by atoms with Crippen LogP contribution in [0.4, 0.5) is 13.2 Å². The number of halogens is 4. The zero-order valence-electron chi connectivity index (χ0n) is 13.0. The molecule has 1 aromatic carbocycles. The molecule has 0 fully saturated rings. The van der Waals surface area contributed by atoms with E-state index in [4.69, 9.17) is 0 Å². The number of aromatic nitrogens is 3. The molecule has 0 N–H and O–H groups in total. The Morgan fingerprint density at radius 3 is 2.28 bits per heavy atom. The highest BCUT2D eigenvalue weighted by molar-refractivity contribution is 14.1. The first-order valence-corrected chi connectivity index (χ1v) is 8.60. The third-order valence-corrected chi connectivity index (χ3v) is 4.43. The average Bonchev–Trinajstić information content (AvgIpc) is 3.05. The summed E-state index contributed by atoms with van der Waals surface area (Å²) in [6.45, 7) is 1.98. The molecule has 0 bridgehead atoms. The maximum Gasteiger partial charge on any atom is 0.433 e. The predicted molar refractivity (Wildman–Crippen MR) is 96.6 cm³/mol. The van der Waals surface area contributed by atoms with Crippen molar-refractivity contribution in [3.05, 3.63) is 76.5 Å². The fraction of sp³-hybridized carbons (Fsp3) is 0.176. The molecular formula is C17H13F3IN3O. The van der Waals surface area contributed by atoms with Gasteiger partial charge in [0, 0.05) is 21.9 Å². The molecule has 0 amide bonds. The summed E-state index contributed by atoms with van der Waals surface area (Å²) in [5.41, 5.74) is 0.722. The normalized spacial score (nSPS) is 13.0. The number of pyridine rings is 1. The summed E-state index contributed by atoms with van der Waals surface area (Å²) in [6.07, 6.45) is -1.72. The number of nitrogens with zero attached hydrogens (tertiary/aromatic N) is 3. The molecule has 8 heteroatoms. The van der Waals surface area contributed by atoms with Crippen LogP contribution in [-0.2, 0) is 6.18 Å². The van der Waals surface area contributed by atoms with Crippen LogP contribution in [0.15, 0.2) is 59.7 Å². The van der Waals surface area contributed by atoms with Crippen LogP contribution in [-0.4, -0.2) is 14.3 Å². The molecule has 0 aliphatic heterocycles. The van der Waals surface area contributed by atoms with Crippen molar-refractivity contribution in [2.75, 3.05) is 0 Å². The smallest absolute Gasteiger partial charge is 0.284 e. The Morgan fingerprint density at radius 1 is 1.08 bits per heavy atom. The molecule has 0 spiro atoms. The molecule has 0 aliphatic carbocycles. The summed E-state index contributed by atoms with van der Waals surface area (Å²) in [5, 5.41) is 3.73. The van der Waals surface area contributed by atoms with Gasteiger partial charge >= 0.3 is 6.18 Å². The lowest BCUT2D eigenvalue weighted by Gasteiger charge is -2.12. The Labute approximate surface area is 155 Å². The van der Waals surface area contributed by atoms with Crippen molar-refractivity contribution in [1.82, 2.24) is 14.3 Å². The van der Waals surface area contributed by atoms with E-state index in [1.165, 1.54) is 16.7 Å². The van der Waals surface area contributed by atoms with E-state index in [2.05, 4.69) is 27.7 Å². The number of benzene rings is 1. The van der Waals surface area contributed by atoms with Crippen molar-refractivity contribution in [1.29, 1.82) is 0 Å². The highest BCUT2D eigenvalue weighted by Crippen LogP contribution is 2.30. The SMILES string of the molecule is CC(I)c1ccn(-c2ccc(-n3nccc3C(F)(F)F)cc2)c(=O)c1. The summed E-state index contributed by atoms with van der Waals surface area (Å²) in [4.78, 5) is 12.2. The van der Waals surface area contributed by atoms with Crippen LogP contribution < -0.4 is 5.56 Å². The first-order chi connectivity index (χ1) is 11.8. The quantitative estimate of drug-likeness (QED) is 0.427. The molecule has 2 aromatic heterocycles. The number of rotatable bonds is 3. The molecule has 25 heavy (non-hydrogen) atoms. The van der Waals surface area contributed by atoms with E-state index in [0.717, 1.165) is 22.5 Å². The monoisotopic (exact) mass is 459 g/mol. The number of hydrogen-bond donors (Lipinski definition) is 0. The van der Waals surface area contributed by atoms with E-state index in [0.29, 0.717) is 5.69 Å². The summed E-state index contributed by atoms with van der Waals surface area (Å²) in [5.74, 6) is 0. The van der Waals surface area contributed by atoms with Crippen LogP contribution >= 0.6 is 22.6 Å². The van der Waals surface area contributed by atoms with E-state index < -0.39 is 11.9 Å². The molecule has 3 aromatic rings. The van der Waals surface area contributed by atoms with Gasteiger partial charge in [-0.15, -0.1) is 0 Å². The zero-order chi connectivity index (χ0) is 18.2. The van der Waals surface area contributed by atoms with Crippen LogP contribution in [0.5, 0.6) is 0 Å². The Bertz CT molecular complexity index is 943. The maximum absolute atomic E-state index is 13.0. The van der Waals surface area contributed by atoms with Gasteiger partial charge in [0.2, 0.25) is 0 Å². The van der Waals surface area contributed by atoms with Gasteiger partial charge in [0.05, 0.1) is 11.9 Å². The van der Waals surface area contributed by atoms with Crippen molar-refractivity contribution in [3.8, 4) is 11.4 Å². The van der Waals surface area contributed by atoms with E-state index in [9.17, 15) is 18.0 Å². The second kappa shape index (κ2) is 6.66. The fourth-order valence-electron chi connectivity index (χ4n) is 2.43. The Balaban J connectivity index is 1.97. The predicted octanol–water partition coefficient (Wildman–Crippen LogP) is 4.54. The van der Waals surface area contributed by atoms with Gasteiger partial charge in [-0.2, -0.15) is 18.3 Å². The van der Waals surface area contributed by atoms with Crippen molar-refractivity contribution < 1.29 is 13.2 Å². The molecule has 4 nitrogen and oxygen atoms in total. The summed E-state index contributed by atoms with van der Waals surface area (Å²) < 4.78 is 41.4. The summed E-state index contributed by atoms with van der Waals surface area (Å²) in [7, 11) is 0. The molecule has 3 rings (SSSR count). The van der Waals surface area contributed by atoms with Crippen molar-refractivity contribution >= 4 is 22.6 Å². The minimum absolute atomic E-state index is 0.191. The van der Waals surface area contributed by atoms with Gasteiger partial charge in [0.25, 0.3) is 5.56 Å². The van der Waals surface area contributed by atoms with E-state index in [-0.39, 0.29) is 15.2 Å². The number of hydrogen-bond acceptors (Lipinski definition) is 2. The van der Waals surface area contributed by atoms with Gasteiger partial charge in [0.15, 0.2) is 0 Å². The molecule has 130 valence electrons. The molecular weight excluding hydrogens is 446 g/mol. The number of alkyl halides is 4. The molecule has 0 saturated carbocycles. The maximum atomic E-state index is 13.0. The lowest BCUT2D eigenvalue weighted by molar-refractivity contribution is -0.142. The van der Waals surface area contributed by atoms with Gasteiger partial charge in [-0.3, -0.25) is 9.36 Å². The van der Waals surface area contributed by atoms with E-state index in [1.807, 2.05) is 13.0 Å². The van der Waals surface area contributed by atoms with E-state index >= 15 is 0 Å². The highest BCUT2D eigenvalue weighted by atomic mass is 127. The minimum Gasteiger partial charge on any atom is -0.284 e. The van der Waals surface area contributed by atoms with Gasteiger partial charge in [-0.05, 0) is 48.9 Å². The summed E-state index contributed by atoms with van der Waals surface area (Å²) >= 11 is 2.22. The van der Waals surface area contributed by atoms with Crippen molar-refractivity contribution in [2.45, 2.75) is 17.0 Å². The Hall–Kier alpha value is -2.10. The van der Waals surface area contributed by atoms with Crippen LogP contribution in [0.3, 0.4) is 0 Å². The lowest BCUT2D eigenvalue weighted by atomic mass is 10.2. The van der Waals surface area contributed by atoms with Crippen molar-refractivity contribution in [2.24, 2.45) is 0 Å². The standard InChI is InChI=1S/C17H13F3IN3O/c1-11(21)12-7-9-23(16(25)10-12)13-2-4-14(5-3-13)24-15(6-8-22-24)17(18,19)20/h2-11H,1H3. The minimum atomic E-state index is -4.49. The van der Waals surface area contributed by atoms with Crippen LogP contribution in [0.25, 0.3) is 11.4 Å².